The summed E-state index contributed by atoms with van der Waals surface area (Å²) >= 11 is 0. The van der Waals surface area contributed by atoms with Gasteiger partial charge >= 0.3 is 0 Å². The summed E-state index contributed by atoms with van der Waals surface area (Å²) in [5.74, 6) is 0. The third kappa shape index (κ3) is 0.693. The van der Waals surface area contributed by atoms with E-state index in [4.69, 9.17) is 0 Å². The summed E-state index contributed by atoms with van der Waals surface area (Å²) in [6.07, 6.45) is 10.5. The molecule has 0 unspecified atom stereocenters. The molecular formula is C8H10N2. The zero-order chi connectivity index (χ0) is 6.97. The molecule has 0 amide bonds. The number of hydrazine groups is 1. The van der Waals surface area contributed by atoms with Crippen LogP contribution in [-0.2, 0) is 0 Å². The molecule has 0 aromatic carbocycles. The molecule has 2 heteroatoms. The quantitative estimate of drug-likeness (QED) is 0.489. The first-order valence-electron chi connectivity index (χ1n) is 3.43. The molecule has 0 atom stereocenters. The van der Waals surface area contributed by atoms with Gasteiger partial charge in [-0.05, 0) is 18.2 Å². The van der Waals surface area contributed by atoms with Crippen LogP contribution in [0.1, 0.15) is 0 Å². The molecule has 52 valence electrons. The van der Waals surface area contributed by atoms with Gasteiger partial charge in [-0.25, -0.2) is 5.01 Å². The summed E-state index contributed by atoms with van der Waals surface area (Å²) in [5.41, 5.74) is 1.28. The van der Waals surface area contributed by atoms with Gasteiger partial charge in [0.15, 0.2) is 0 Å². The summed E-state index contributed by atoms with van der Waals surface area (Å²) in [5, 5.41) is 4.30. The van der Waals surface area contributed by atoms with Gasteiger partial charge < -0.3 is 0 Å². The van der Waals surface area contributed by atoms with Crippen molar-refractivity contribution in [2.45, 2.75) is 0 Å². The van der Waals surface area contributed by atoms with Crippen molar-refractivity contribution in [1.82, 2.24) is 10.0 Å². The average Bonchev–Trinajstić information content (AvgIpc) is 2.34. The van der Waals surface area contributed by atoms with E-state index >= 15 is 0 Å². The van der Waals surface area contributed by atoms with Crippen LogP contribution < -0.4 is 0 Å². The van der Waals surface area contributed by atoms with Gasteiger partial charge in [0.2, 0.25) is 0 Å². The number of likely N-dealkylation sites (N-methyl/N-ethyl adjacent to an activating group) is 1. The molecule has 0 aromatic rings. The van der Waals surface area contributed by atoms with E-state index in [1.54, 1.807) is 0 Å². The molecule has 0 saturated carbocycles. The fourth-order valence-corrected chi connectivity index (χ4v) is 1.23. The highest BCUT2D eigenvalue weighted by Gasteiger charge is 2.16. The van der Waals surface area contributed by atoms with Crippen molar-refractivity contribution in [2.75, 3.05) is 13.6 Å². The lowest BCUT2D eigenvalue weighted by atomic mass is 10.3. The van der Waals surface area contributed by atoms with Crippen LogP contribution in [0.2, 0.25) is 0 Å². The fourth-order valence-electron chi connectivity index (χ4n) is 1.23. The van der Waals surface area contributed by atoms with E-state index in [0.717, 1.165) is 6.54 Å². The SMILES string of the molecule is CN1CC=C2C=CC=CN21. The van der Waals surface area contributed by atoms with Crippen LogP contribution in [0.4, 0.5) is 0 Å². The van der Waals surface area contributed by atoms with Crippen LogP contribution in [0.5, 0.6) is 0 Å². The Morgan fingerprint density at radius 2 is 2.30 bits per heavy atom. The van der Waals surface area contributed by atoms with Gasteiger partial charge in [-0.1, -0.05) is 6.08 Å². The molecule has 2 aliphatic rings. The van der Waals surface area contributed by atoms with Crippen molar-refractivity contribution in [2.24, 2.45) is 0 Å². The van der Waals surface area contributed by atoms with E-state index in [2.05, 4.69) is 41.5 Å². The first-order valence-corrected chi connectivity index (χ1v) is 3.43. The second-order valence-electron chi connectivity index (χ2n) is 2.51. The second-order valence-corrected chi connectivity index (χ2v) is 2.51. The minimum Gasteiger partial charge on any atom is -0.282 e. The third-order valence-electron chi connectivity index (χ3n) is 1.80. The Bertz CT molecular complexity index is 225. The Kier molecular flexibility index (Phi) is 1.14. The molecule has 0 spiro atoms. The molecule has 0 saturated heterocycles. The number of nitrogens with zero attached hydrogens (tertiary/aromatic N) is 2. The van der Waals surface area contributed by atoms with Crippen molar-refractivity contribution in [3.8, 4) is 0 Å². The van der Waals surface area contributed by atoms with Crippen molar-refractivity contribution in [1.29, 1.82) is 0 Å². The lowest BCUT2D eigenvalue weighted by Crippen LogP contribution is -2.29. The van der Waals surface area contributed by atoms with Gasteiger partial charge in [0.05, 0.1) is 5.70 Å². The van der Waals surface area contributed by atoms with Crippen molar-refractivity contribution < 1.29 is 0 Å². The zero-order valence-corrected chi connectivity index (χ0v) is 5.99. The molecule has 0 radical (unpaired) electrons. The molecule has 2 aliphatic heterocycles. The molecule has 2 nitrogen and oxygen atoms in total. The standard InChI is InChI=1S/C8H10N2/c1-9-7-5-8-4-2-3-6-10(8)9/h2-6H,7H2,1H3. The highest BCUT2D eigenvalue weighted by molar-refractivity contribution is 5.29. The predicted molar refractivity (Wildman–Crippen MR) is 40.8 cm³/mol. The van der Waals surface area contributed by atoms with Crippen LogP contribution in [0, 0.1) is 0 Å². The van der Waals surface area contributed by atoms with E-state index in [9.17, 15) is 0 Å². The molecule has 0 aliphatic carbocycles. The van der Waals surface area contributed by atoms with E-state index in [1.165, 1.54) is 5.70 Å². The first-order chi connectivity index (χ1) is 4.88. The molecule has 0 bridgehead atoms. The minimum atomic E-state index is 1.02. The summed E-state index contributed by atoms with van der Waals surface area (Å²) < 4.78 is 0. The van der Waals surface area contributed by atoms with E-state index < -0.39 is 0 Å². The van der Waals surface area contributed by atoms with Gasteiger partial charge in [0.1, 0.15) is 0 Å². The van der Waals surface area contributed by atoms with Gasteiger partial charge in [0, 0.05) is 19.8 Å². The van der Waals surface area contributed by atoms with E-state index in [0.29, 0.717) is 0 Å². The summed E-state index contributed by atoms with van der Waals surface area (Å²) in [6.45, 7) is 1.02. The summed E-state index contributed by atoms with van der Waals surface area (Å²) in [7, 11) is 2.08. The first kappa shape index (κ1) is 5.74. The Morgan fingerprint density at radius 3 is 3.10 bits per heavy atom. The monoisotopic (exact) mass is 134 g/mol. The van der Waals surface area contributed by atoms with Gasteiger partial charge in [-0.2, -0.15) is 0 Å². The molecule has 2 heterocycles. The zero-order valence-electron chi connectivity index (χ0n) is 5.99. The smallest absolute Gasteiger partial charge is 0.0546 e. The summed E-state index contributed by atoms with van der Waals surface area (Å²) in [6, 6.07) is 0. The second kappa shape index (κ2) is 1.99. The van der Waals surface area contributed by atoms with Crippen LogP contribution in [-0.4, -0.2) is 23.6 Å². The summed E-state index contributed by atoms with van der Waals surface area (Å²) in [4.78, 5) is 0. The minimum absolute atomic E-state index is 1.02. The normalized spacial score (nSPS) is 23.3. The Labute approximate surface area is 60.7 Å². The van der Waals surface area contributed by atoms with Gasteiger partial charge in [-0.3, -0.25) is 5.01 Å². The molecule has 0 N–H and O–H groups in total. The van der Waals surface area contributed by atoms with Gasteiger partial charge in [-0.15, -0.1) is 0 Å². The largest absolute Gasteiger partial charge is 0.282 e. The maximum atomic E-state index is 2.21. The van der Waals surface area contributed by atoms with Crippen LogP contribution in [0.25, 0.3) is 0 Å². The predicted octanol–water partition coefficient (Wildman–Crippen LogP) is 1.12. The topological polar surface area (TPSA) is 6.48 Å². The average molecular weight is 134 g/mol. The fraction of sp³-hybridized carbons (Fsp3) is 0.250. The maximum Gasteiger partial charge on any atom is 0.0546 e. The molecule has 0 fully saturated rings. The van der Waals surface area contributed by atoms with Crippen molar-refractivity contribution in [3.05, 3.63) is 36.2 Å². The van der Waals surface area contributed by atoms with Crippen LogP contribution >= 0.6 is 0 Å². The highest BCUT2D eigenvalue weighted by Crippen LogP contribution is 2.19. The Hall–Kier alpha value is -1.02. The number of hydrogen-bond donors (Lipinski definition) is 0. The molecule has 2 rings (SSSR count). The lowest BCUT2D eigenvalue weighted by molar-refractivity contribution is 0.132. The van der Waals surface area contributed by atoms with Gasteiger partial charge in [0.25, 0.3) is 0 Å². The van der Waals surface area contributed by atoms with E-state index in [-0.39, 0.29) is 0 Å². The Balaban J connectivity index is 2.30. The Morgan fingerprint density at radius 1 is 1.40 bits per heavy atom. The van der Waals surface area contributed by atoms with Crippen LogP contribution in [0.3, 0.4) is 0 Å². The number of fused-ring (bicyclic) bond motifs is 1. The number of hydrogen-bond acceptors (Lipinski definition) is 2. The molecule has 0 aromatic heterocycles. The molecular weight excluding hydrogens is 124 g/mol. The third-order valence-corrected chi connectivity index (χ3v) is 1.80. The maximum absolute atomic E-state index is 2.21. The van der Waals surface area contributed by atoms with E-state index in [1.807, 2.05) is 6.08 Å². The van der Waals surface area contributed by atoms with Crippen LogP contribution in [0.15, 0.2) is 36.2 Å². The lowest BCUT2D eigenvalue weighted by Gasteiger charge is -2.25. The number of allylic oxidation sites excluding steroid dienone is 3. The highest BCUT2D eigenvalue weighted by atomic mass is 15.6. The number of rotatable bonds is 0. The van der Waals surface area contributed by atoms with Crippen molar-refractivity contribution in [3.63, 3.8) is 0 Å². The molecule has 10 heavy (non-hydrogen) atoms. The van der Waals surface area contributed by atoms with Crippen molar-refractivity contribution >= 4 is 0 Å².